The molecule has 2 aromatic carbocycles. The molecule has 0 saturated heterocycles. The normalized spacial score (nSPS) is 15.7. The van der Waals surface area contributed by atoms with Crippen molar-refractivity contribution in [3.05, 3.63) is 71.8 Å². The van der Waals surface area contributed by atoms with Gasteiger partial charge in [-0.15, -0.1) is 0 Å². The first-order valence-corrected chi connectivity index (χ1v) is 9.62. The van der Waals surface area contributed by atoms with Crippen molar-refractivity contribution in [1.82, 2.24) is 9.55 Å². The molecule has 2 heterocycles. The van der Waals surface area contributed by atoms with Crippen molar-refractivity contribution < 1.29 is 24.1 Å². The fraction of sp³-hybridized carbons (Fsp3) is 0.273. The van der Waals surface area contributed by atoms with Crippen LogP contribution in [0.2, 0.25) is 0 Å². The van der Waals surface area contributed by atoms with Gasteiger partial charge in [-0.3, -0.25) is 4.79 Å². The van der Waals surface area contributed by atoms with E-state index in [4.69, 9.17) is 19.9 Å². The number of hydrogen-bond acceptors (Lipinski definition) is 7. The first kappa shape index (κ1) is 19.8. The lowest BCUT2D eigenvalue weighted by atomic mass is 10.1. The maximum absolute atomic E-state index is 11.6. The summed E-state index contributed by atoms with van der Waals surface area (Å²) in [4.78, 5) is 16.0. The molecule has 3 N–H and O–H groups in total. The standard InChI is InChI=1S/C22H23N3O5/c1-28-20(27)11-14-2-7-18-19(10-14)30-22(29-18)21(15-3-5-17(26)6-4-15)25-12-16(8-9-23)24-13-25/h2-7,10,12-13,21-22,26H,8-9,11,23H2,1H3. The second-order valence-corrected chi connectivity index (χ2v) is 7.03. The van der Waals surface area contributed by atoms with Gasteiger partial charge in [0.15, 0.2) is 11.5 Å². The number of hydrogen-bond donors (Lipinski definition) is 2. The minimum atomic E-state index is -0.655. The Morgan fingerprint density at radius 2 is 2.00 bits per heavy atom. The fourth-order valence-electron chi connectivity index (χ4n) is 3.44. The van der Waals surface area contributed by atoms with Crippen LogP contribution in [0.15, 0.2) is 55.0 Å². The molecule has 2 atom stereocenters. The van der Waals surface area contributed by atoms with Crippen molar-refractivity contribution >= 4 is 5.97 Å². The zero-order valence-electron chi connectivity index (χ0n) is 16.5. The van der Waals surface area contributed by atoms with Crippen LogP contribution in [0.3, 0.4) is 0 Å². The second-order valence-electron chi connectivity index (χ2n) is 7.03. The summed E-state index contributed by atoms with van der Waals surface area (Å²) in [5.74, 6) is 1.02. The highest BCUT2D eigenvalue weighted by atomic mass is 16.7. The minimum absolute atomic E-state index is 0.156. The number of ether oxygens (including phenoxy) is 3. The van der Waals surface area contributed by atoms with Crippen molar-refractivity contribution in [3.8, 4) is 17.2 Å². The third-order valence-electron chi connectivity index (χ3n) is 4.94. The van der Waals surface area contributed by atoms with Gasteiger partial charge in [0.25, 0.3) is 6.29 Å². The van der Waals surface area contributed by atoms with Crippen molar-refractivity contribution in [2.75, 3.05) is 13.7 Å². The highest BCUT2D eigenvalue weighted by Gasteiger charge is 2.35. The highest BCUT2D eigenvalue weighted by molar-refractivity contribution is 5.72. The topological polar surface area (TPSA) is 109 Å². The number of nitrogens with zero attached hydrogens (tertiary/aromatic N) is 2. The Labute approximate surface area is 173 Å². The Morgan fingerprint density at radius 3 is 2.73 bits per heavy atom. The summed E-state index contributed by atoms with van der Waals surface area (Å²) in [6, 6.07) is 11.9. The molecule has 156 valence electrons. The van der Waals surface area contributed by atoms with E-state index >= 15 is 0 Å². The number of imidazole rings is 1. The molecule has 2 unspecified atom stereocenters. The molecule has 1 aliphatic rings. The number of phenolic OH excluding ortho intramolecular Hbond substituents is 1. The highest BCUT2D eigenvalue weighted by Crippen LogP contribution is 2.40. The van der Waals surface area contributed by atoms with Gasteiger partial charge in [-0.25, -0.2) is 4.98 Å². The van der Waals surface area contributed by atoms with E-state index < -0.39 is 6.29 Å². The van der Waals surface area contributed by atoms with Gasteiger partial charge in [0.2, 0.25) is 0 Å². The maximum atomic E-state index is 11.6. The van der Waals surface area contributed by atoms with Crippen LogP contribution in [-0.2, 0) is 22.4 Å². The van der Waals surface area contributed by atoms with Crippen LogP contribution >= 0.6 is 0 Å². The van der Waals surface area contributed by atoms with Gasteiger partial charge in [-0.05, 0) is 41.9 Å². The van der Waals surface area contributed by atoms with Crippen LogP contribution in [0.4, 0.5) is 0 Å². The van der Waals surface area contributed by atoms with Crippen molar-refractivity contribution in [2.24, 2.45) is 5.73 Å². The zero-order valence-corrected chi connectivity index (χ0v) is 16.5. The molecule has 0 radical (unpaired) electrons. The lowest BCUT2D eigenvalue weighted by Gasteiger charge is -2.24. The minimum Gasteiger partial charge on any atom is -0.508 e. The number of nitrogens with two attached hydrogens (primary N) is 1. The van der Waals surface area contributed by atoms with Gasteiger partial charge in [0.05, 0.1) is 25.6 Å². The average Bonchev–Trinajstić information content (AvgIpc) is 3.36. The Balaban J connectivity index is 1.63. The predicted molar refractivity (Wildman–Crippen MR) is 108 cm³/mol. The van der Waals surface area contributed by atoms with Gasteiger partial charge in [-0.2, -0.15) is 0 Å². The molecule has 8 nitrogen and oxygen atoms in total. The largest absolute Gasteiger partial charge is 0.508 e. The number of benzene rings is 2. The average molecular weight is 409 g/mol. The van der Waals surface area contributed by atoms with Crippen molar-refractivity contribution in [3.63, 3.8) is 0 Å². The number of esters is 1. The first-order valence-electron chi connectivity index (χ1n) is 9.62. The SMILES string of the molecule is COC(=O)Cc1ccc2c(c1)OC(C(c1ccc(O)cc1)n1cnc(CCN)c1)O2. The van der Waals surface area contributed by atoms with E-state index in [1.807, 2.05) is 29.0 Å². The molecule has 3 aromatic rings. The van der Waals surface area contributed by atoms with E-state index in [0.29, 0.717) is 24.5 Å². The third kappa shape index (κ3) is 4.08. The molecule has 0 aliphatic carbocycles. The van der Waals surface area contributed by atoms with Gasteiger partial charge in [0.1, 0.15) is 11.8 Å². The van der Waals surface area contributed by atoms with E-state index in [1.54, 1.807) is 30.6 Å². The van der Waals surface area contributed by atoms with Crippen LogP contribution in [0.5, 0.6) is 17.2 Å². The molecule has 30 heavy (non-hydrogen) atoms. The van der Waals surface area contributed by atoms with E-state index in [-0.39, 0.29) is 24.2 Å². The molecule has 0 spiro atoms. The summed E-state index contributed by atoms with van der Waals surface area (Å²) in [6.45, 7) is 0.506. The Bertz CT molecular complexity index is 1030. The maximum Gasteiger partial charge on any atom is 0.309 e. The lowest BCUT2D eigenvalue weighted by Crippen LogP contribution is -2.31. The number of aromatic hydroxyl groups is 1. The van der Waals surface area contributed by atoms with Gasteiger partial charge in [-0.1, -0.05) is 18.2 Å². The number of carbonyl (C=O) groups excluding carboxylic acids is 1. The summed E-state index contributed by atoms with van der Waals surface area (Å²) in [5, 5.41) is 9.68. The molecule has 0 amide bonds. The predicted octanol–water partition coefficient (Wildman–Crippen LogP) is 2.19. The summed E-state index contributed by atoms with van der Waals surface area (Å²) >= 11 is 0. The molecular formula is C22H23N3O5. The number of carbonyl (C=O) groups is 1. The van der Waals surface area contributed by atoms with E-state index in [1.165, 1.54) is 7.11 Å². The quantitative estimate of drug-likeness (QED) is 0.576. The molecule has 0 bridgehead atoms. The van der Waals surface area contributed by atoms with Crippen molar-refractivity contribution in [2.45, 2.75) is 25.2 Å². The van der Waals surface area contributed by atoms with Crippen molar-refractivity contribution in [1.29, 1.82) is 0 Å². The monoisotopic (exact) mass is 409 g/mol. The second kappa shape index (κ2) is 8.46. The van der Waals surface area contributed by atoms with Gasteiger partial charge in [0, 0.05) is 12.6 Å². The molecule has 8 heteroatoms. The Morgan fingerprint density at radius 1 is 1.23 bits per heavy atom. The molecule has 1 aliphatic heterocycles. The summed E-state index contributed by atoms with van der Waals surface area (Å²) in [7, 11) is 1.36. The smallest absolute Gasteiger partial charge is 0.309 e. The first-order chi connectivity index (χ1) is 14.6. The molecular weight excluding hydrogens is 386 g/mol. The summed E-state index contributed by atoms with van der Waals surface area (Å²) < 4.78 is 18.9. The van der Waals surface area contributed by atoms with Gasteiger partial charge >= 0.3 is 5.97 Å². The number of rotatable bonds is 7. The summed E-state index contributed by atoms with van der Waals surface area (Å²) in [5.41, 5.74) is 8.19. The van der Waals surface area contributed by atoms with E-state index in [2.05, 4.69) is 4.98 Å². The Kier molecular flexibility index (Phi) is 5.58. The number of fused-ring (bicyclic) bond motifs is 1. The Hall–Kier alpha value is -3.52. The number of methoxy groups -OCH3 is 1. The zero-order chi connectivity index (χ0) is 21.1. The lowest BCUT2D eigenvalue weighted by molar-refractivity contribution is -0.139. The molecule has 0 fully saturated rings. The van der Waals surface area contributed by atoms with Crippen LogP contribution in [0.25, 0.3) is 0 Å². The third-order valence-corrected chi connectivity index (χ3v) is 4.94. The molecule has 4 rings (SSSR count). The number of aromatic nitrogens is 2. The van der Waals surface area contributed by atoms with E-state index in [0.717, 1.165) is 16.8 Å². The summed E-state index contributed by atoms with van der Waals surface area (Å²) in [6.07, 6.45) is 3.81. The fourth-order valence-corrected chi connectivity index (χ4v) is 3.44. The van der Waals surface area contributed by atoms with Crippen LogP contribution in [-0.4, -0.2) is 40.6 Å². The van der Waals surface area contributed by atoms with Crippen LogP contribution in [0.1, 0.15) is 22.9 Å². The van der Waals surface area contributed by atoms with E-state index in [9.17, 15) is 9.90 Å². The molecule has 1 aromatic heterocycles. The number of phenols is 1. The van der Waals surface area contributed by atoms with Crippen LogP contribution < -0.4 is 15.2 Å². The van der Waals surface area contributed by atoms with Gasteiger partial charge < -0.3 is 29.6 Å². The van der Waals surface area contributed by atoms with Crippen LogP contribution in [0, 0.1) is 0 Å². The molecule has 0 saturated carbocycles.